The lowest BCUT2D eigenvalue weighted by Crippen LogP contribution is -2.41. The van der Waals surface area contributed by atoms with Crippen LogP contribution in [-0.2, 0) is 9.53 Å². The number of nitrogens with one attached hydrogen (secondary N) is 1. The van der Waals surface area contributed by atoms with Gasteiger partial charge in [0.1, 0.15) is 17.0 Å². The first-order valence-electron chi connectivity index (χ1n) is 5.95. The van der Waals surface area contributed by atoms with Crippen molar-refractivity contribution in [3.05, 3.63) is 17.7 Å². The van der Waals surface area contributed by atoms with Gasteiger partial charge in [0.15, 0.2) is 0 Å². The van der Waals surface area contributed by atoms with Crippen molar-refractivity contribution in [1.82, 2.24) is 0 Å². The van der Waals surface area contributed by atoms with Gasteiger partial charge in [-0.05, 0) is 32.9 Å². The van der Waals surface area contributed by atoms with Gasteiger partial charge in [-0.25, -0.2) is 4.79 Å². The summed E-state index contributed by atoms with van der Waals surface area (Å²) >= 11 is 0. The Morgan fingerprint density at radius 2 is 1.79 bits per heavy atom. The van der Waals surface area contributed by atoms with Crippen LogP contribution in [0, 0.1) is 6.92 Å². The minimum atomic E-state index is -0.844. The second-order valence-electron chi connectivity index (χ2n) is 4.72. The normalized spacial score (nSPS) is 10.8. The lowest BCUT2D eigenvalue weighted by atomic mass is 10.0. The Hall–Kier alpha value is -1.91. The van der Waals surface area contributed by atoms with Gasteiger partial charge in [0.2, 0.25) is 0 Å². The van der Waals surface area contributed by atoms with Gasteiger partial charge in [-0.3, -0.25) is 0 Å². The molecule has 0 aromatic heterocycles. The van der Waals surface area contributed by atoms with E-state index in [0.717, 1.165) is 17.0 Å². The number of hydrogen-bond donors (Lipinski definition) is 1. The van der Waals surface area contributed by atoms with Gasteiger partial charge in [0.25, 0.3) is 0 Å². The van der Waals surface area contributed by atoms with E-state index < -0.39 is 5.54 Å². The number of benzene rings is 1. The van der Waals surface area contributed by atoms with Gasteiger partial charge in [0, 0.05) is 5.56 Å². The fraction of sp³-hybridized carbons (Fsp3) is 0.500. The predicted molar refractivity (Wildman–Crippen MR) is 74.0 cm³/mol. The van der Waals surface area contributed by atoms with Gasteiger partial charge < -0.3 is 19.5 Å². The fourth-order valence-corrected chi connectivity index (χ4v) is 1.90. The summed E-state index contributed by atoms with van der Waals surface area (Å²) in [6.07, 6.45) is 0. The van der Waals surface area contributed by atoms with E-state index in [1.165, 1.54) is 7.11 Å². The molecule has 106 valence electrons. The first-order chi connectivity index (χ1) is 8.87. The average molecular weight is 267 g/mol. The molecule has 0 spiro atoms. The molecule has 1 N–H and O–H groups in total. The minimum Gasteiger partial charge on any atom is -0.496 e. The summed E-state index contributed by atoms with van der Waals surface area (Å²) in [4.78, 5) is 11.7. The zero-order valence-electron chi connectivity index (χ0n) is 12.3. The molecule has 0 saturated carbocycles. The number of carbonyl (C=O) groups excluding carboxylic acids is 1. The molecule has 0 aliphatic heterocycles. The summed E-state index contributed by atoms with van der Waals surface area (Å²) in [5, 5.41) is 3.13. The molecule has 0 aliphatic carbocycles. The number of carbonyl (C=O) groups is 1. The smallest absolute Gasteiger partial charge is 0.330 e. The number of anilines is 1. The van der Waals surface area contributed by atoms with E-state index in [4.69, 9.17) is 14.2 Å². The Kier molecular flexibility index (Phi) is 4.64. The molecular formula is C14H21NO4. The summed E-state index contributed by atoms with van der Waals surface area (Å²) in [6, 6.07) is 3.64. The maximum Gasteiger partial charge on any atom is 0.330 e. The molecule has 0 aliphatic rings. The van der Waals surface area contributed by atoms with Gasteiger partial charge in [-0.15, -0.1) is 0 Å². The average Bonchev–Trinajstić information content (AvgIpc) is 2.38. The molecule has 1 aromatic carbocycles. The molecular weight excluding hydrogens is 246 g/mol. The van der Waals surface area contributed by atoms with Crippen LogP contribution in [0.15, 0.2) is 12.1 Å². The van der Waals surface area contributed by atoms with Crippen LogP contribution < -0.4 is 14.8 Å². The molecule has 0 atom stereocenters. The van der Waals surface area contributed by atoms with Crippen molar-refractivity contribution in [3.63, 3.8) is 0 Å². The van der Waals surface area contributed by atoms with E-state index in [0.29, 0.717) is 5.75 Å². The van der Waals surface area contributed by atoms with Gasteiger partial charge in [0.05, 0.1) is 27.0 Å². The number of methoxy groups -OCH3 is 3. The SMILES string of the molecule is COC(=O)C(C)(C)Nc1ccc(OC)c(C)c1OC. The fourth-order valence-electron chi connectivity index (χ4n) is 1.90. The lowest BCUT2D eigenvalue weighted by molar-refractivity contribution is -0.144. The van der Waals surface area contributed by atoms with Crippen LogP contribution in [0.2, 0.25) is 0 Å². The Morgan fingerprint density at radius 3 is 2.26 bits per heavy atom. The van der Waals surface area contributed by atoms with Crippen LogP contribution in [0.25, 0.3) is 0 Å². The van der Waals surface area contributed by atoms with E-state index in [-0.39, 0.29) is 5.97 Å². The highest BCUT2D eigenvalue weighted by Crippen LogP contribution is 2.36. The quantitative estimate of drug-likeness (QED) is 0.830. The molecule has 5 heteroatoms. The first kappa shape index (κ1) is 15.1. The topological polar surface area (TPSA) is 56.8 Å². The molecule has 0 bridgehead atoms. The highest BCUT2D eigenvalue weighted by molar-refractivity contribution is 5.84. The van der Waals surface area contributed by atoms with Crippen molar-refractivity contribution >= 4 is 11.7 Å². The molecule has 0 unspecified atom stereocenters. The summed E-state index contributed by atoms with van der Waals surface area (Å²) in [5.41, 5.74) is 0.746. The monoisotopic (exact) mass is 267 g/mol. The second kappa shape index (κ2) is 5.82. The maximum absolute atomic E-state index is 11.7. The molecule has 1 rings (SSSR count). The number of hydrogen-bond acceptors (Lipinski definition) is 5. The van der Waals surface area contributed by atoms with E-state index in [1.54, 1.807) is 28.1 Å². The molecule has 1 aromatic rings. The van der Waals surface area contributed by atoms with Crippen molar-refractivity contribution in [2.45, 2.75) is 26.3 Å². The third-order valence-electron chi connectivity index (χ3n) is 2.92. The van der Waals surface area contributed by atoms with Crippen molar-refractivity contribution < 1.29 is 19.0 Å². The van der Waals surface area contributed by atoms with Gasteiger partial charge in [-0.2, -0.15) is 0 Å². The second-order valence-corrected chi connectivity index (χ2v) is 4.72. The van der Waals surface area contributed by atoms with Crippen LogP contribution in [0.1, 0.15) is 19.4 Å². The van der Waals surface area contributed by atoms with Crippen molar-refractivity contribution in [1.29, 1.82) is 0 Å². The van der Waals surface area contributed by atoms with Gasteiger partial charge >= 0.3 is 5.97 Å². The Balaban J connectivity index is 3.15. The Labute approximate surface area is 113 Å². The summed E-state index contributed by atoms with van der Waals surface area (Å²) in [5.74, 6) is 1.04. The minimum absolute atomic E-state index is 0.344. The maximum atomic E-state index is 11.7. The van der Waals surface area contributed by atoms with Crippen LogP contribution in [0.4, 0.5) is 5.69 Å². The highest BCUT2D eigenvalue weighted by atomic mass is 16.5. The summed E-state index contributed by atoms with van der Waals surface area (Å²) in [7, 11) is 4.55. The number of rotatable bonds is 5. The van der Waals surface area contributed by atoms with E-state index in [9.17, 15) is 4.79 Å². The third kappa shape index (κ3) is 3.10. The molecule has 0 radical (unpaired) electrons. The zero-order chi connectivity index (χ0) is 14.6. The van der Waals surface area contributed by atoms with Crippen LogP contribution in [0.3, 0.4) is 0 Å². The molecule has 0 saturated heterocycles. The number of esters is 1. The van der Waals surface area contributed by atoms with Crippen LogP contribution in [-0.4, -0.2) is 32.8 Å². The van der Waals surface area contributed by atoms with Crippen LogP contribution >= 0.6 is 0 Å². The van der Waals surface area contributed by atoms with E-state index in [1.807, 2.05) is 19.1 Å². The first-order valence-corrected chi connectivity index (χ1v) is 5.95. The molecule has 5 nitrogen and oxygen atoms in total. The Morgan fingerprint density at radius 1 is 1.16 bits per heavy atom. The van der Waals surface area contributed by atoms with Gasteiger partial charge in [-0.1, -0.05) is 0 Å². The van der Waals surface area contributed by atoms with E-state index >= 15 is 0 Å². The van der Waals surface area contributed by atoms with Crippen molar-refractivity contribution in [2.24, 2.45) is 0 Å². The standard InChI is InChI=1S/C14H21NO4/c1-9-11(17-4)8-7-10(12(9)18-5)15-14(2,3)13(16)19-6/h7-8,15H,1-6H3. The number of ether oxygens (including phenoxy) is 3. The molecule has 19 heavy (non-hydrogen) atoms. The predicted octanol–water partition coefficient (Wildman–Crippen LogP) is 2.38. The summed E-state index contributed by atoms with van der Waals surface area (Å²) in [6.45, 7) is 5.39. The lowest BCUT2D eigenvalue weighted by Gasteiger charge is -2.26. The van der Waals surface area contributed by atoms with E-state index in [2.05, 4.69) is 5.32 Å². The highest BCUT2D eigenvalue weighted by Gasteiger charge is 2.29. The Bertz CT molecular complexity index is 469. The molecule has 0 amide bonds. The zero-order valence-corrected chi connectivity index (χ0v) is 12.3. The van der Waals surface area contributed by atoms with Crippen molar-refractivity contribution in [3.8, 4) is 11.5 Å². The summed E-state index contributed by atoms with van der Waals surface area (Å²) < 4.78 is 15.4. The van der Waals surface area contributed by atoms with Crippen LogP contribution in [0.5, 0.6) is 11.5 Å². The molecule has 0 heterocycles. The van der Waals surface area contributed by atoms with Crippen molar-refractivity contribution in [2.75, 3.05) is 26.6 Å². The largest absolute Gasteiger partial charge is 0.496 e. The third-order valence-corrected chi connectivity index (χ3v) is 2.92. The molecule has 0 fully saturated rings.